The molecule has 674 valence electrons. The third-order valence-electron chi connectivity index (χ3n) is 23.5. The third kappa shape index (κ3) is 21.6. The molecule has 4 aliphatic carbocycles. The zero-order valence-corrected chi connectivity index (χ0v) is 70.6. The number of pyridine rings is 1. The number of alkyl carbamates (subject to hydrolysis) is 1. The summed E-state index contributed by atoms with van der Waals surface area (Å²) in [5, 5.41) is 33.1. The van der Waals surface area contributed by atoms with Crippen molar-refractivity contribution in [2.24, 2.45) is 17.6 Å². The number of nitrogens with two attached hydrogens (primary N) is 1. The van der Waals surface area contributed by atoms with Crippen molar-refractivity contribution < 1.29 is 115 Å². The van der Waals surface area contributed by atoms with Crippen LogP contribution in [0.3, 0.4) is 0 Å². The lowest BCUT2D eigenvalue weighted by Crippen LogP contribution is -2.54. The fraction of sp³-hybridized carbons (Fsp3) is 0.478. The van der Waals surface area contributed by atoms with Crippen LogP contribution in [0.4, 0.5) is 10.6 Å². The SMILES string of the molecule is C.CC(C)(C)OC(=O)NC1CC(O)C1.CC(C)NC1CC(Oc2ccc3c(c2)C(=O)N(C2CCC(=O)NC2=O)C3=O)C1.CC1CC(Oc2ccc3c(c2)C(=O)N(C2CCC(=O)NC2=O)C3=O)C1.Cc1ccc(N2CCC(C=O)CC2)nc1.NC1CC(Oc2ccc3c(c2)C(=O)N(C2CCC(=O)NC2=O)C3=O)C1.O=C1CCC(N2C(=O)c3ccc(O)cc3C2=O)C(=O)N1. The first kappa shape index (κ1) is 93.1. The Bertz CT molecular complexity index is 5090. The highest BCUT2D eigenvalue weighted by Crippen LogP contribution is 2.39. The largest absolute Gasteiger partial charge is 0.508 e. The number of rotatable bonds is 15. The van der Waals surface area contributed by atoms with E-state index in [-0.39, 0.29) is 163 Å². The molecule has 10 heterocycles. The topological polar surface area (TPSA) is 512 Å². The number of imide groups is 8. The minimum absolute atomic E-state index is 0. The van der Waals surface area contributed by atoms with Gasteiger partial charge in [-0.15, -0.1) is 0 Å². The fourth-order valence-corrected chi connectivity index (χ4v) is 16.6. The smallest absolute Gasteiger partial charge is 0.407 e. The van der Waals surface area contributed by atoms with Gasteiger partial charge in [0.2, 0.25) is 47.3 Å². The minimum Gasteiger partial charge on any atom is -0.508 e. The fourth-order valence-electron chi connectivity index (χ4n) is 16.6. The highest BCUT2D eigenvalue weighted by atomic mass is 16.6. The second-order valence-corrected chi connectivity index (χ2v) is 34.8. The van der Waals surface area contributed by atoms with Gasteiger partial charge in [0.15, 0.2) is 0 Å². The van der Waals surface area contributed by atoms with E-state index < -0.39 is 119 Å². The molecule has 13 aliphatic rings. The molecule has 0 bridgehead atoms. The van der Waals surface area contributed by atoms with Gasteiger partial charge in [0.05, 0.1) is 56.7 Å². The van der Waals surface area contributed by atoms with Gasteiger partial charge in [0, 0.05) is 75.1 Å². The Morgan fingerprint density at radius 3 is 1.17 bits per heavy atom. The first-order valence-electron chi connectivity index (χ1n) is 42.3. The number of phenols is 1. The van der Waals surface area contributed by atoms with Gasteiger partial charge in [0.25, 0.3) is 47.3 Å². The Morgan fingerprint density at radius 2 is 0.843 bits per heavy atom. The van der Waals surface area contributed by atoms with E-state index in [1.807, 2.05) is 33.9 Å². The number of aryl methyl sites for hydroxylation is 1. The van der Waals surface area contributed by atoms with Crippen molar-refractivity contribution in [2.75, 3.05) is 18.0 Å². The van der Waals surface area contributed by atoms with Crippen LogP contribution >= 0.6 is 0 Å². The lowest BCUT2D eigenvalue weighted by Gasteiger charge is -2.37. The second-order valence-electron chi connectivity index (χ2n) is 34.8. The van der Waals surface area contributed by atoms with Gasteiger partial charge in [0.1, 0.15) is 77.1 Å². The molecule has 127 heavy (non-hydrogen) atoms. The molecule has 4 aromatic carbocycles. The van der Waals surface area contributed by atoms with Crippen molar-refractivity contribution in [1.82, 2.24) is 56.5 Å². The average Bonchev–Trinajstić information content (AvgIpc) is 1.21. The number of hydrogen-bond donors (Lipinski definition) is 9. The second kappa shape index (κ2) is 39.2. The number of fused-ring (bicyclic) bond motifs is 4. The summed E-state index contributed by atoms with van der Waals surface area (Å²) in [6.07, 6.45) is 11.9. The van der Waals surface area contributed by atoms with Crippen LogP contribution in [-0.2, 0) is 47.9 Å². The number of aromatic nitrogens is 1. The maximum absolute atomic E-state index is 12.8. The molecule has 9 aliphatic heterocycles. The molecule has 37 heteroatoms. The molecule has 5 saturated heterocycles. The van der Waals surface area contributed by atoms with Crippen LogP contribution in [0.15, 0.2) is 91.1 Å². The normalized spacial score (nSPS) is 25.6. The number of aromatic hydroxyl groups is 1. The summed E-state index contributed by atoms with van der Waals surface area (Å²) in [7, 11) is 0. The molecule has 0 radical (unpaired) electrons. The number of aliphatic hydroxyl groups is 1. The first-order valence-corrected chi connectivity index (χ1v) is 42.3. The van der Waals surface area contributed by atoms with Crippen LogP contribution in [0.1, 0.15) is 253 Å². The first-order chi connectivity index (χ1) is 59.8. The van der Waals surface area contributed by atoms with Crippen molar-refractivity contribution in [2.45, 2.75) is 250 Å². The molecule has 5 aromatic rings. The number of ether oxygens (including phenoxy) is 4. The van der Waals surface area contributed by atoms with Crippen LogP contribution in [0.5, 0.6) is 23.0 Å². The summed E-state index contributed by atoms with van der Waals surface area (Å²) in [4.78, 5) is 225. The number of nitrogens with one attached hydrogen (secondary N) is 6. The van der Waals surface area contributed by atoms with Crippen LogP contribution < -0.4 is 56.7 Å². The maximum Gasteiger partial charge on any atom is 0.407 e. The number of carbonyl (C=O) groups excluding carboxylic acids is 18. The predicted octanol–water partition coefficient (Wildman–Crippen LogP) is 5.49. The summed E-state index contributed by atoms with van der Waals surface area (Å²) < 4.78 is 22.6. The van der Waals surface area contributed by atoms with Gasteiger partial charge in [-0.1, -0.05) is 34.3 Å². The van der Waals surface area contributed by atoms with Crippen molar-refractivity contribution in [3.05, 3.63) is 141 Å². The number of benzene rings is 4. The molecule has 0 spiro atoms. The molecular weight excluding hydrogens is 1650 g/mol. The molecule has 4 unspecified atom stereocenters. The third-order valence-corrected chi connectivity index (χ3v) is 23.5. The van der Waals surface area contributed by atoms with Crippen molar-refractivity contribution in [3.63, 3.8) is 0 Å². The lowest BCUT2D eigenvalue weighted by molar-refractivity contribution is -0.137. The Labute approximate surface area is 730 Å². The quantitative estimate of drug-likeness (QED) is 0.0462. The lowest BCUT2D eigenvalue weighted by atomic mass is 9.84. The molecule has 17 amide bonds. The number of anilines is 1. The van der Waals surface area contributed by atoms with E-state index in [2.05, 4.69) is 74.7 Å². The van der Waals surface area contributed by atoms with Crippen molar-refractivity contribution in [3.8, 4) is 23.0 Å². The Morgan fingerprint density at radius 1 is 0.488 bits per heavy atom. The summed E-state index contributed by atoms with van der Waals surface area (Å²) >= 11 is 0. The maximum atomic E-state index is 12.8. The van der Waals surface area contributed by atoms with Gasteiger partial charge in [-0.05, 0) is 208 Å². The predicted molar refractivity (Wildman–Crippen MR) is 449 cm³/mol. The van der Waals surface area contributed by atoms with Gasteiger partial charge in [-0.25, -0.2) is 9.78 Å². The van der Waals surface area contributed by atoms with E-state index in [0.717, 1.165) is 96.2 Å². The van der Waals surface area contributed by atoms with Crippen molar-refractivity contribution in [1.29, 1.82) is 0 Å². The van der Waals surface area contributed by atoms with E-state index >= 15 is 0 Å². The number of amides is 17. The molecule has 9 fully saturated rings. The number of hydrogen-bond acceptors (Lipinski definition) is 28. The number of piperidine rings is 5. The molecule has 18 rings (SSSR count). The summed E-state index contributed by atoms with van der Waals surface area (Å²) in [5.74, 6) is -4.99. The number of carbonyl (C=O) groups is 18. The van der Waals surface area contributed by atoms with E-state index in [0.29, 0.717) is 48.1 Å². The van der Waals surface area contributed by atoms with Crippen LogP contribution in [-0.4, -0.2) is 233 Å². The Hall–Kier alpha value is -13.0. The number of aldehydes is 1. The standard InChI is InChI=1S/C20H23N3O5.C18H18N2O5.C17H17N3O5.C13H10N2O5.C12H16N2O.C9H17NO3.CH4/c1-10(2)21-11-7-13(8-11)28-12-3-4-14-15(9-12)20(27)23(19(14)26)16-5-6-17(24)22-18(16)25;1-9-6-11(7-9)25-10-2-3-12-13(8-10)18(24)20(17(12)23)14-4-5-15(21)19-16(14)22;18-8-5-10(6-8)25-9-1-2-11-12(7-9)17(24)20(16(11)23)13-3-4-14(21)19-15(13)22;16-6-1-2-7-8(5-6)13(20)15(12(7)19)9-3-4-10(17)14-11(9)18;1-10-2-3-12(13-8-10)14-6-4-11(9-15)5-7-14;1-9(2,3)13-8(12)10-6-4-7(11)5-6;/h3-4,9-11,13,16,21H,5-8H2,1-2H3,(H,22,24,25);2-3,8-9,11,14H,4-7H2,1H3,(H,19,21,22);1-2,7-8,10,13H,3-6,18H2,(H,19,21,22);1-2,5,9,16H,3-4H2,(H,14,17,18);2-3,8-9,11H,4-7H2,1H3;6-7,11H,4-5H2,1-3H3,(H,10,12);1H4. The number of aliphatic hydroxyl groups excluding tert-OH is 1. The average molecular weight is 1750 g/mol. The van der Waals surface area contributed by atoms with Crippen LogP contribution in [0.2, 0.25) is 0 Å². The molecule has 10 N–H and O–H groups in total. The van der Waals surface area contributed by atoms with E-state index in [1.54, 1.807) is 42.5 Å². The van der Waals surface area contributed by atoms with Crippen LogP contribution in [0.25, 0.3) is 0 Å². The number of phenolic OH excluding ortho intramolecular Hbond substituents is 1. The monoisotopic (exact) mass is 1750 g/mol. The summed E-state index contributed by atoms with van der Waals surface area (Å²) in [5.41, 5.74) is 8.16. The highest BCUT2D eigenvalue weighted by Gasteiger charge is 2.50. The molecular formula is C90H105N13O24. The van der Waals surface area contributed by atoms with E-state index in [1.165, 1.54) is 35.9 Å². The van der Waals surface area contributed by atoms with Gasteiger partial charge >= 0.3 is 6.09 Å². The minimum atomic E-state index is -0.984. The van der Waals surface area contributed by atoms with Gasteiger partial charge < -0.3 is 55.2 Å². The van der Waals surface area contributed by atoms with Gasteiger partial charge in [-0.3, -0.25) is 118 Å². The Kier molecular flexibility index (Phi) is 28.8. The molecule has 4 atom stereocenters. The Balaban J connectivity index is 0.000000141. The van der Waals surface area contributed by atoms with Crippen LogP contribution in [0, 0.1) is 18.8 Å². The van der Waals surface area contributed by atoms with E-state index in [4.69, 9.17) is 29.8 Å². The summed E-state index contributed by atoms with van der Waals surface area (Å²) in [6, 6.07) is 19.6. The number of nitrogens with zero attached hydrogens (tertiary/aromatic N) is 6. The van der Waals surface area contributed by atoms with Crippen molar-refractivity contribution >= 4 is 113 Å². The molecule has 1 aromatic heterocycles. The zero-order chi connectivity index (χ0) is 90.6. The molecule has 4 saturated carbocycles. The molecule has 37 nitrogen and oxygen atoms in total. The summed E-state index contributed by atoms with van der Waals surface area (Å²) in [6.45, 7) is 15.8. The van der Waals surface area contributed by atoms with Gasteiger partial charge in [-0.2, -0.15) is 0 Å². The van der Waals surface area contributed by atoms with E-state index in [9.17, 15) is 91.4 Å². The highest BCUT2D eigenvalue weighted by molar-refractivity contribution is 6.26. The zero-order valence-electron chi connectivity index (χ0n) is 70.6.